The van der Waals surface area contributed by atoms with Gasteiger partial charge in [0.1, 0.15) is 5.82 Å². The number of nitrogens with zero attached hydrogens (tertiary/aromatic N) is 1. The minimum Gasteiger partial charge on any atom is -0.320 e. The molecule has 0 fully saturated rings. The Morgan fingerprint density at radius 1 is 1.44 bits per heavy atom. The second kappa shape index (κ2) is 5.61. The highest BCUT2D eigenvalue weighted by Crippen LogP contribution is 2.14. The van der Waals surface area contributed by atoms with Crippen LogP contribution in [0.3, 0.4) is 0 Å². The van der Waals surface area contributed by atoms with Gasteiger partial charge in [-0.2, -0.15) is 0 Å². The van der Waals surface area contributed by atoms with Crippen molar-refractivity contribution in [3.05, 3.63) is 30.1 Å². The van der Waals surface area contributed by atoms with E-state index in [1.807, 2.05) is 6.92 Å². The standard InChI is InChI=1S/C12H17FN2O/c1-3-4-11(14)12(16)15(2)10-7-5-9(13)6-8-10/h5-8,11H,3-4,14H2,1-2H3. The summed E-state index contributed by atoms with van der Waals surface area (Å²) in [5.74, 6) is -0.462. The molecule has 0 spiro atoms. The van der Waals surface area contributed by atoms with Crippen LogP contribution in [-0.4, -0.2) is 19.0 Å². The molecule has 0 aromatic heterocycles. The summed E-state index contributed by atoms with van der Waals surface area (Å²) >= 11 is 0. The van der Waals surface area contributed by atoms with Crippen molar-refractivity contribution in [2.24, 2.45) is 5.73 Å². The van der Waals surface area contributed by atoms with Gasteiger partial charge in [-0.05, 0) is 30.7 Å². The second-order valence-electron chi connectivity index (χ2n) is 3.77. The summed E-state index contributed by atoms with van der Waals surface area (Å²) in [6.07, 6.45) is 1.52. The van der Waals surface area contributed by atoms with Crippen molar-refractivity contribution >= 4 is 11.6 Å². The highest BCUT2D eigenvalue weighted by atomic mass is 19.1. The summed E-state index contributed by atoms with van der Waals surface area (Å²) in [4.78, 5) is 13.3. The van der Waals surface area contributed by atoms with Gasteiger partial charge >= 0.3 is 0 Å². The van der Waals surface area contributed by atoms with E-state index in [0.29, 0.717) is 12.1 Å². The van der Waals surface area contributed by atoms with Crippen molar-refractivity contribution in [2.45, 2.75) is 25.8 Å². The van der Waals surface area contributed by atoms with Crippen LogP contribution in [0.25, 0.3) is 0 Å². The van der Waals surface area contributed by atoms with E-state index in [4.69, 9.17) is 5.73 Å². The molecule has 88 valence electrons. The normalized spacial score (nSPS) is 12.2. The van der Waals surface area contributed by atoms with Gasteiger partial charge in [0.15, 0.2) is 0 Å². The Hall–Kier alpha value is -1.42. The van der Waals surface area contributed by atoms with Gasteiger partial charge in [0.25, 0.3) is 0 Å². The SMILES string of the molecule is CCCC(N)C(=O)N(C)c1ccc(F)cc1. The lowest BCUT2D eigenvalue weighted by Gasteiger charge is -2.21. The van der Waals surface area contributed by atoms with Crippen LogP contribution in [0.1, 0.15) is 19.8 Å². The van der Waals surface area contributed by atoms with E-state index in [1.165, 1.54) is 17.0 Å². The number of anilines is 1. The molecule has 0 aliphatic rings. The monoisotopic (exact) mass is 224 g/mol. The fourth-order valence-electron chi connectivity index (χ4n) is 1.48. The molecule has 3 nitrogen and oxygen atoms in total. The Balaban J connectivity index is 2.73. The smallest absolute Gasteiger partial charge is 0.243 e. The molecule has 1 aromatic rings. The molecule has 2 N–H and O–H groups in total. The lowest BCUT2D eigenvalue weighted by molar-refractivity contribution is -0.119. The average Bonchev–Trinajstić information content (AvgIpc) is 2.28. The average molecular weight is 224 g/mol. The molecule has 4 heteroatoms. The Morgan fingerprint density at radius 2 is 2.00 bits per heavy atom. The number of amides is 1. The number of benzene rings is 1. The van der Waals surface area contributed by atoms with Crippen molar-refractivity contribution in [2.75, 3.05) is 11.9 Å². The molecule has 1 amide bonds. The molecular formula is C12H17FN2O. The molecule has 1 atom stereocenters. The fraction of sp³-hybridized carbons (Fsp3) is 0.417. The predicted molar refractivity (Wildman–Crippen MR) is 62.7 cm³/mol. The first kappa shape index (κ1) is 12.6. The van der Waals surface area contributed by atoms with Gasteiger partial charge in [-0.1, -0.05) is 13.3 Å². The predicted octanol–water partition coefficient (Wildman–Crippen LogP) is 1.92. The third kappa shape index (κ3) is 3.03. The minimum atomic E-state index is -0.486. The number of nitrogens with two attached hydrogens (primary N) is 1. The molecule has 0 heterocycles. The molecule has 0 aliphatic carbocycles. The van der Waals surface area contributed by atoms with Crippen LogP contribution in [0.5, 0.6) is 0 Å². The molecule has 1 unspecified atom stereocenters. The topological polar surface area (TPSA) is 46.3 Å². The van der Waals surface area contributed by atoms with Gasteiger partial charge < -0.3 is 10.6 Å². The molecule has 1 rings (SSSR count). The zero-order valence-electron chi connectivity index (χ0n) is 9.61. The van der Waals surface area contributed by atoms with Crippen LogP contribution < -0.4 is 10.6 Å². The highest BCUT2D eigenvalue weighted by molar-refractivity contribution is 5.96. The van der Waals surface area contributed by atoms with Crippen molar-refractivity contribution < 1.29 is 9.18 Å². The largest absolute Gasteiger partial charge is 0.320 e. The number of hydrogen-bond acceptors (Lipinski definition) is 2. The molecule has 0 aliphatic heterocycles. The van der Waals surface area contributed by atoms with Crippen LogP contribution in [0.4, 0.5) is 10.1 Å². The summed E-state index contributed by atoms with van der Waals surface area (Å²) in [6.45, 7) is 1.98. The van der Waals surface area contributed by atoms with Crippen LogP contribution in [0.2, 0.25) is 0 Å². The van der Waals surface area contributed by atoms with Crippen molar-refractivity contribution in [3.8, 4) is 0 Å². The van der Waals surface area contributed by atoms with Crippen LogP contribution >= 0.6 is 0 Å². The van der Waals surface area contributed by atoms with Crippen LogP contribution in [-0.2, 0) is 4.79 Å². The summed E-state index contributed by atoms with van der Waals surface area (Å²) < 4.78 is 12.7. The molecule has 16 heavy (non-hydrogen) atoms. The van der Waals surface area contributed by atoms with Crippen molar-refractivity contribution in [3.63, 3.8) is 0 Å². The molecule has 0 radical (unpaired) electrons. The van der Waals surface area contributed by atoms with Crippen molar-refractivity contribution in [1.29, 1.82) is 0 Å². The summed E-state index contributed by atoms with van der Waals surface area (Å²) in [6, 6.07) is 5.28. The highest BCUT2D eigenvalue weighted by Gasteiger charge is 2.18. The Kier molecular flexibility index (Phi) is 4.43. The summed E-state index contributed by atoms with van der Waals surface area (Å²) in [5, 5.41) is 0. The van der Waals surface area contributed by atoms with E-state index in [-0.39, 0.29) is 11.7 Å². The molecule has 0 saturated heterocycles. The second-order valence-corrected chi connectivity index (χ2v) is 3.77. The van der Waals surface area contributed by atoms with Gasteiger partial charge in [-0.3, -0.25) is 4.79 Å². The van der Waals surface area contributed by atoms with Gasteiger partial charge in [0.05, 0.1) is 6.04 Å². The van der Waals surface area contributed by atoms with Gasteiger partial charge in [-0.15, -0.1) is 0 Å². The van der Waals surface area contributed by atoms with E-state index in [2.05, 4.69) is 0 Å². The maximum Gasteiger partial charge on any atom is 0.243 e. The number of halogens is 1. The third-order valence-corrected chi connectivity index (χ3v) is 2.46. The Morgan fingerprint density at radius 3 is 2.50 bits per heavy atom. The molecule has 0 bridgehead atoms. The minimum absolute atomic E-state index is 0.145. The zero-order chi connectivity index (χ0) is 12.1. The summed E-state index contributed by atoms with van der Waals surface area (Å²) in [7, 11) is 1.64. The van der Waals surface area contributed by atoms with Gasteiger partial charge in [0, 0.05) is 12.7 Å². The number of hydrogen-bond donors (Lipinski definition) is 1. The Bertz CT molecular complexity index is 351. The van der Waals surface area contributed by atoms with Crippen LogP contribution in [0.15, 0.2) is 24.3 Å². The van der Waals surface area contributed by atoms with E-state index in [9.17, 15) is 9.18 Å². The molecule has 0 saturated carbocycles. The zero-order valence-corrected chi connectivity index (χ0v) is 9.61. The van der Waals surface area contributed by atoms with E-state index >= 15 is 0 Å². The summed E-state index contributed by atoms with van der Waals surface area (Å²) in [5.41, 5.74) is 6.38. The maximum absolute atomic E-state index is 12.7. The number of carbonyl (C=O) groups is 1. The molecule has 1 aromatic carbocycles. The van der Waals surface area contributed by atoms with Gasteiger partial charge in [-0.25, -0.2) is 4.39 Å². The van der Waals surface area contributed by atoms with E-state index in [0.717, 1.165) is 6.42 Å². The van der Waals surface area contributed by atoms with Crippen LogP contribution in [0, 0.1) is 5.82 Å². The lowest BCUT2D eigenvalue weighted by atomic mass is 10.1. The third-order valence-electron chi connectivity index (χ3n) is 2.46. The first-order chi connectivity index (χ1) is 7.56. The number of carbonyl (C=O) groups excluding carboxylic acids is 1. The first-order valence-electron chi connectivity index (χ1n) is 5.35. The first-order valence-corrected chi connectivity index (χ1v) is 5.35. The van der Waals surface area contributed by atoms with Crippen molar-refractivity contribution in [1.82, 2.24) is 0 Å². The van der Waals surface area contributed by atoms with Gasteiger partial charge in [0.2, 0.25) is 5.91 Å². The molecular weight excluding hydrogens is 207 g/mol. The van der Waals surface area contributed by atoms with E-state index < -0.39 is 6.04 Å². The lowest BCUT2D eigenvalue weighted by Crippen LogP contribution is -2.41. The number of likely N-dealkylation sites (N-methyl/N-ethyl adjacent to an activating group) is 1. The maximum atomic E-state index is 12.7. The number of rotatable bonds is 4. The Labute approximate surface area is 95.0 Å². The fourth-order valence-corrected chi connectivity index (χ4v) is 1.48. The van der Waals surface area contributed by atoms with E-state index in [1.54, 1.807) is 19.2 Å². The quantitative estimate of drug-likeness (QED) is 0.849.